The number of ether oxygens (including phenoxy) is 1. The molecule has 3 aliphatic rings. The topological polar surface area (TPSA) is 50.4 Å². The molecule has 1 saturated heterocycles. The van der Waals surface area contributed by atoms with Gasteiger partial charge in [0, 0.05) is 30.1 Å². The number of fused-ring (bicyclic) bond motifs is 1. The predicted octanol–water partition coefficient (Wildman–Crippen LogP) is 3.01. The molecule has 1 amide bonds. The average molecular weight is 322 g/mol. The van der Waals surface area contributed by atoms with Crippen molar-refractivity contribution >= 4 is 5.91 Å². The van der Waals surface area contributed by atoms with Crippen molar-refractivity contribution in [2.24, 2.45) is 11.8 Å². The highest BCUT2D eigenvalue weighted by atomic mass is 16.5. The number of hydrogen-bond donors (Lipinski definition) is 2. The van der Waals surface area contributed by atoms with E-state index in [1.807, 2.05) is 0 Å². The van der Waals surface area contributed by atoms with Crippen LogP contribution in [0.4, 0.5) is 0 Å². The van der Waals surface area contributed by atoms with Crippen molar-refractivity contribution in [1.29, 1.82) is 0 Å². The Kier molecular flexibility index (Phi) is 5.32. The SMILES string of the molecule is CC(C)(C)NC1CCCC(NC(=O)C2CCCC3OCCC32)C1. The molecule has 132 valence electrons. The van der Waals surface area contributed by atoms with Crippen LogP contribution in [0.5, 0.6) is 0 Å². The molecular weight excluding hydrogens is 288 g/mol. The second kappa shape index (κ2) is 7.10. The molecule has 2 saturated carbocycles. The zero-order chi connectivity index (χ0) is 16.4. The molecule has 0 radical (unpaired) electrons. The summed E-state index contributed by atoms with van der Waals surface area (Å²) in [5.41, 5.74) is 0.147. The minimum absolute atomic E-state index is 0.147. The largest absolute Gasteiger partial charge is 0.378 e. The fourth-order valence-electron chi connectivity index (χ4n) is 4.87. The van der Waals surface area contributed by atoms with Crippen LogP contribution in [0.1, 0.15) is 72.1 Å². The molecule has 1 aliphatic heterocycles. The van der Waals surface area contributed by atoms with Gasteiger partial charge in [-0.1, -0.05) is 6.42 Å². The summed E-state index contributed by atoms with van der Waals surface area (Å²) in [5, 5.41) is 7.09. The lowest BCUT2D eigenvalue weighted by Gasteiger charge is -2.37. The number of hydrogen-bond acceptors (Lipinski definition) is 3. The Morgan fingerprint density at radius 3 is 2.52 bits per heavy atom. The maximum Gasteiger partial charge on any atom is 0.223 e. The summed E-state index contributed by atoms with van der Waals surface area (Å²) in [5.74, 6) is 0.953. The number of carbonyl (C=O) groups is 1. The third-order valence-corrected chi connectivity index (χ3v) is 5.78. The third kappa shape index (κ3) is 4.48. The van der Waals surface area contributed by atoms with Crippen molar-refractivity contribution in [2.45, 2.75) is 95.9 Å². The number of amides is 1. The molecule has 4 nitrogen and oxygen atoms in total. The summed E-state index contributed by atoms with van der Waals surface area (Å²) in [6.07, 6.45) is 9.39. The van der Waals surface area contributed by atoms with E-state index in [2.05, 4.69) is 31.4 Å². The quantitative estimate of drug-likeness (QED) is 0.840. The van der Waals surface area contributed by atoms with Crippen LogP contribution >= 0.6 is 0 Å². The second-order valence-corrected chi connectivity index (χ2v) is 8.86. The van der Waals surface area contributed by atoms with Crippen molar-refractivity contribution < 1.29 is 9.53 Å². The fourth-order valence-corrected chi connectivity index (χ4v) is 4.87. The van der Waals surface area contributed by atoms with Crippen molar-refractivity contribution in [3.63, 3.8) is 0 Å². The lowest BCUT2D eigenvalue weighted by molar-refractivity contribution is -0.130. The lowest BCUT2D eigenvalue weighted by atomic mass is 9.76. The highest BCUT2D eigenvalue weighted by Gasteiger charge is 2.41. The van der Waals surface area contributed by atoms with E-state index in [1.54, 1.807) is 0 Å². The first kappa shape index (κ1) is 17.2. The summed E-state index contributed by atoms with van der Waals surface area (Å²) in [4.78, 5) is 12.8. The standard InChI is InChI=1S/C19H34N2O2/c1-19(2,3)21-14-7-4-6-13(12-14)20-18(22)16-8-5-9-17-15(16)10-11-23-17/h13-17,21H,4-12H2,1-3H3,(H,20,22). The van der Waals surface area contributed by atoms with Gasteiger partial charge in [0.15, 0.2) is 0 Å². The molecule has 0 spiro atoms. The lowest BCUT2D eigenvalue weighted by Crippen LogP contribution is -2.51. The Bertz CT molecular complexity index is 418. The maximum atomic E-state index is 12.8. The highest BCUT2D eigenvalue weighted by Crippen LogP contribution is 2.38. The van der Waals surface area contributed by atoms with Gasteiger partial charge in [0.1, 0.15) is 0 Å². The predicted molar refractivity (Wildman–Crippen MR) is 92.3 cm³/mol. The van der Waals surface area contributed by atoms with Crippen molar-refractivity contribution in [3.8, 4) is 0 Å². The highest BCUT2D eigenvalue weighted by molar-refractivity contribution is 5.79. The molecule has 2 N–H and O–H groups in total. The molecule has 5 unspecified atom stereocenters. The van der Waals surface area contributed by atoms with Gasteiger partial charge in [-0.3, -0.25) is 4.79 Å². The van der Waals surface area contributed by atoms with E-state index in [0.29, 0.717) is 30.0 Å². The zero-order valence-electron chi connectivity index (χ0n) is 15.1. The smallest absolute Gasteiger partial charge is 0.223 e. The van der Waals surface area contributed by atoms with Crippen LogP contribution in [-0.2, 0) is 9.53 Å². The maximum absolute atomic E-state index is 12.8. The van der Waals surface area contributed by atoms with Gasteiger partial charge in [0.25, 0.3) is 0 Å². The Balaban J connectivity index is 1.53. The Morgan fingerprint density at radius 1 is 1.00 bits per heavy atom. The number of nitrogens with one attached hydrogen (secondary N) is 2. The second-order valence-electron chi connectivity index (χ2n) is 8.86. The van der Waals surface area contributed by atoms with Gasteiger partial charge in [-0.15, -0.1) is 0 Å². The molecule has 0 aromatic carbocycles. The first-order valence-corrected chi connectivity index (χ1v) is 9.62. The van der Waals surface area contributed by atoms with Crippen LogP contribution in [0, 0.1) is 11.8 Å². The van der Waals surface area contributed by atoms with Gasteiger partial charge in [0.05, 0.1) is 6.10 Å². The molecule has 3 rings (SSSR count). The van der Waals surface area contributed by atoms with Crippen LogP contribution in [0.15, 0.2) is 0 Å². The minimum atomic E-state index is 0.147. The van der Waals surface area contributed by atoms with Gasteiger partial charge in [-0.25, -0.2) is 0 Å². The number of carbonyl (C=O) groups excluding carboxylic acids is 1. The van der Waals surface area contributed by atoms with Crippen molar-refractivity contribution in [3.05, 3.63) is 0 Å². The minimum Gasteiger partial charge on any atom is -0.378 e. The average Bonchev–Trinajstić information content (AvgIpc) is 2.93. The van der Waals surface area contributed by atoms with Crippen molar-refractivity contribution in [1.82, 2.24) is 10.6 Å². The van der Waals surface area contributed by atoms with E-state index in [4.69, 9.17) is 4.74 Å². The first-order valence-electron chi connectivity index (χ1n) is 9.62. The van der Waals surface area contributed by atoms with Crippen LogP contribution in [0.3, 0.4) is 0 Å². The van der Waals surface area contributed by atoms with Gasteiger partial charge < -0.3 is 15.4 Å². The van der Waals surface area contributed by atoms with E-state index in [0.717, 1.165) is 45.1 Å². The van der Waals surface area contributed by atoms with E-state index in [9.17, 15) is 4.79 Å². The fraction of sp³-hybridized carbons (Fsp3) is 0.947. The summed E-state index contributed by atoms with van der Waals surface area (Å²) in [7, 11) is 0. The summed E-state index contributed by atoms with van der Waals surface area (Å²) in [6, 6.07) is 0.877. The van der Waals surface area contributed by atoms with E-state index in [1.165, 1.54) is 12.8 Å². The molecule has 0 aromatic heterocycles. The van der Waals surface area contributed by atoms with Gasteiger partial charge in [-0.2, -0.15) is 0 Å². The molecule has 0 bridgehead atoms. The van der Waals surface area contributed by atoms with E-state index >= 15 is 0 Å². The molecular formula is C19H34N2O2. The normalized spacial score (nSPS) is 38.1. The van der Waals surface area contributed by atoms with E-state index in [-0.39, 0.29) is 11.5 Å². The molecule has 0 aromatic rings. The summed E-state index contributed by atoms with van der Waals surface area (Å²) >= 11 is 0. The van der Waals surface area contributed by atoms with Gasteiger partial charge >= 0.3 is 0 Å². The van der Waals surface area contributed by atoms with Gasteiger partial charge in [-0.05, 0) is 71.6 Å². The van der Waals surface area contributed by atoms with Crippen LogP contribution in [0.2, 0.25) is 0 Å². The molecule has 23 heavy (non-hydrogen) atoms. The van der Waals surface area contributed by atoms with E-state index < -0.39 is 0 Å². The molecule has 2 aliphatic carbocycles. The summed E-state index contributed by atoms with van der Waals surface area (Å²) in [6.45, 7) is 7.51. The van der Waals surface area contributed by atoms with Crippen LogP contribution in [-0.4, -0.2) is 36.2 Å². The molecule has 1 heterocycles. The molecule has 5 atom stereocenters. The molecule has 4 heteroatoms. The Morgan fingerprint density at radius 2 is 1.74 bits per heavy atom. The number of rotatable bonds is 3. The first-order chi connectivity index (χ1) is 10.9. The van der Waals surface area contributed by atoms with Crippen LogP contribution in [0.25, 0.3) is 0 Å². The van der Waals surface area contributed by atoms with Crippen molar-refractivity contribution in [2.75, 3.05) is 6.61 Å². The van der Waals surface area contributed by atoms with Crippen LogP contribution < -0.4 is 10.6 Å². The monoisotopic (exact) mass is 322 g/mol. The Hall–Kier alpha value is -0.610. The summed E-state index contributed by atoms with van der Waals surface area (Å²) < 4.78 is 5.81. The zero-order valence-corrected chi connectivity index (χ0v) is 15.1. The molecule has 3 fully saturated rings. The third-order valence-electron chi connectivity index (χ3n) is 5.78. The Labute approximate surface area is 141 Å². The van der Waals surface area contributed by atoms with Gasteiger partial charge in [0.2, 0.25) is 5.91 Å².